The lowest BCUT2D eigenvalue weighted by Crippen LogP contribution is -2.29. The van der Waals surface area contributed by atoms with E-state index in [2.05, 4.69) is 27.7 Å². The van der Waals surface area contributed by atoms with Gasteiger partial charge in [0.25, 0.3) is 5.91 Å². The molecule has 2 heterocycles. The molecule has 5 heteroatoms. The van der Waals surface area contributed by atoms with Crippen molar-refractivity contribution < 1.29 is 9.18 Å². The van der Waals surface area contributed by atoms with Crippen molar-refractivity contribution >= 4 is 22.9 Å². The van der Waals surface area contributed by atoms with Crippen LogP contribution in [0.4, 0.5) is 15.8 Å². The summed E-state index contributed by atoms with van der Waals surface area (Å²) in [5, 5.41) is 5.86. The van der Waals surface area contributed by atoms with Gasteiger partial charge in [0.1, 0.15) is 5.82 Å². The molecule has 0 atom stereocenters. The first kappa shape index (κ1) is 16.8. The van der Waals surface area contributed by atoms with Crippen molar-refractivity contribution in [1.29, 1.82) is 0 Å². The zero-order chi connectivity index (χ0) is 17.9. The molecule has 1 saturated heterocycles. The third-order valence-electron chi connectivity index (χ3n) is 4.96. The summed E-state index contributed by atoms with van der Waals surface area (Å²) >= 11 is 0. The largest absolute Gasteiger partial charge is 0.361 e. The van der Waals surface area contributed by atoms with Gasteiger partial charge in [-0.15, -0.1) is 0 Å². The second-order valence-corrected chi connectivity index (χ2v) is 6.88. The van der Waals surface area contributed by atoms with Crippen molar-refractivity contribution in [1.82, 2.24) is 4.90 Å². The summed E-state index contributed by atoms with van der Waals surface area (Å²) in [4.78, 5) is 14.6. The molecule has 4 nitrogen and oxygen atoms in total. The van der Waals surface area contributed by atoms with E-state index in [4.69, 9.17) is 0 Å². The Morgan fingerprint density at radius 2 is 1.85 bits per heavy atom. The maximum absolute atomic E-state index is 13.3. The second kappa shape index (κ2) is 7.30. The summed E-state index contributed by atoms with van der Waals surface area (Å²) in [5.74, 6) is -0.581. The number of hydrogen-bond acceptors (Lipinski definition) is 3. The van der Waals surface area contributed by atoms with Crippen LogP contribution in [0.15, 0.2) is 48.7 Å². The molecule has 2 aromatic rings. The van der Waals surface area contributed by atoms with Crippen LogP contribution in [-0.2, 0) is 11.3 Å². The Balaban J connectivity index is 1.43. The van der Waals surface area contributed by atoms with E-state index in [1.165, 1.54) is 50.0 Å². The van der Waals surface area contributed by atoms with Crippen LogP contribution in [0.25, 0.3) is 5.57 Å². The van der Waals surface area contributed by atoms with Gasteiger partial charge in [0.15, 0.2) is 0 Å². The summed E-state index contributed by atoms with van der Waals surface area (Å²) in [6.07, 6.45) is 5.61. The SMILES string of the molecule is O=C1Nc2cc(F)ccc2/C1=C/Nc1ccc(CN2CCCCC2)cc1. The molecule has 0 saturated carbocycles. The molecule has 0 radical (unpaired) electrons. The van der Waals surface area contributed by atoms with Crippen molar-refractivity contribution in [2.24, 2.45) is 0 Å². The van der Waals surface area contributed by atoms with E-state index in [1.807, 2.05) is 12.1 Å². The standard InChI is InChI=1S/C21H22FN3O/c22-16-6-9-18-19(21(26)24-20(18)12-16)13-23-17-7-4-15(5-8-17)14-25-10-2-1-3-11-25/h4-9,12-13,23H,1-3,10-11,14H2,(H,24,26)/b19-13-. The second-order valence-electron chi connectivity index (χ2n) is 6.88. The average molecular weight is 351 g/mol. The number of halogens is 1. The van der Waals surface area contributed by atoms with Gasteiger partial charge < -0.3 is 10.6 Å². The van der Waals surface area contributed by atoms with E-state index in [0.29, 0.717) is 16.8 Å². The lowest BCUT2D eigenvalue weighted by Gasteiger charge is -2.26. The normalized spacial score (nSPS) is 18.7. The minimum atomic E-state index is -0.359. The van der Waals surface area contributed by atoms with Crippen LogP contribution in [0.2, 0.25) is 0 Å². The molecule has 1 fully saturated rings. The average Bonchev–Trinajstić information content (AvgIpc) is 2.96. The maximum Gasteiger partial charge on any atom is 0.257 e. The van der Waals surface area contributed by atoms with Crippen LogP contribution in [0.3, 0.4) is 0 Å². The number of carbonyl (C=O) groups excluding carboxylic acids is 1. The fourth-order valence-electron chi connectivity index (χ4n) is 3.55. The predicted octanol–water partition coefficient (Wildman–Crippen LogP) is 4.22. The smallest absolute Gasteiger partial charge is 0.257 e. The molecule has 2 aliphatic rings. The van der Waals surface area contributed by atoms with Crippen LogP contribution in [-0.4, -0.2) is 23.9 Å². The van der Waals surface area contributed by atoms with Crippen LogP contribution in [0.5, 0.6) is 0 Å². The van der Waals surface area contributed by atoms with E-state index >= 15 is 0 Å². The van der Waals surface area contributed by atoms with Gasteiger partial charge in [0.05, 0.1) is 11.3 Å². The molecular weight excluding hydrogens is 329 g/mol. The van der Waals surface area contributed by atoms with Gasteiger partial charge in [0, 0.05) is 24.0 Å². The van der Waals surface area contributed by atoms with Gasteiger partial charge in [-0.1, -0.05) is 18.6 Å². The predicted molar refractivity (Wildman–Crippen MR) is 102 cm³/mol. The molecule has 0 bridgehead atoms. The van der Waals surface area contributed by atoms with Crippen molar-refractivity contribution in [2.45, 2.75) is 25.8 Å². The van der Waals surface area contributed by atoms with Crippen molar-refractivity contribution in [3.63, 3.8) is 0 Å². The monoisotopic (exact) mass is 351 g/mol. The minimum Gasteiger partial charge on any atom is -0.361 e. The number of rotatable bonds is 4. The molecule has 2 aromatic carbocycles. The fraction of sp³-hybridized carbons (Fsp3) is 0.286. The first-order chi connectivity index (χ1) is 12.7. The van der Waals surface area contributed by atoms with Gasteiger partial charge in [-0.05, 0) is 61.8 Å². The number of fused-ring (bicyclic) bond motifs is 1. The van der Waals surface area contributed by atoms with Gasteiger partial charge in [-0.3, -0.25) is 9.69 Å². The number of likely N-dealkylation sites (tertiary alicyclic amines) is 1. The number of carbonyl (C=O) groups is 1. The number of hydrogen-bond donors (Lipinski definition) is 2. The van der Waals surface area contributed by atoms with E-state index in [1.54, 1.807) is 12.3 Å². The quantitative estimate of drug-likeness (QED) is 0.811. The van der Waals surface area contributed by atoms with Crippen molar-refractivity contribution in [2.75, 3.05) is 23.7 Å². The molecule has 1 amide bonds. The Bertz CT molecular complexity index is 839. The highest BCUT2D eigenvalue weighted by Crippen LogP contribution is 2.32. The van der Waals surface area contributed by atoms with Gasteiger partial charge in [-0.25, -0.2) is 4.39 Å². The van der Waals surface area contributed by atoms with Crippen LogP contribution in [0.1, 0.15) is 30.4 Å². The van der Waals surface area contributed by atoms with Crippen LogP contribution in [0, 0.1) is 5.82 Å². The Labute approximate surface area is 152 Å². The molecule has 0 spiro atoms. The van der Waals surface area contributed by atoms with Crippen molar-refractivity contribution in [3.05, 3.63) is 65.6 Å². The summed E-state index contributed by atoms with van der Waals surface area (Å²) < 4.78 is 13.3. The number of nitrogens with zero attached hydrogens (tertiary/aromatic N) is 1. The van der Waals surface area contributed by atoms with Gasteiger partial charge in [0.2, 0.25) is 0 Å². The molecule has 2 aliphatic heterocycles. The summed E-state index contributed by atoms with van der Waals surface area (Å²) in [6, 6.07) is 12.6. The van der Waals surface area contributed by atoms with Crippen LogP contribution >= 0.6 is 0 Å². The van der Waals surface area contributed by atoms with Gasteiger partial charge >= 0.3 is 0 Å². The molecule has 4 rings (SSSR count). The molecule has 26 heavy (non-hydrogen) atoms. The first-order valence-corrected chi connectivity index (χ1v) is 9.08. The molecule has 0 unspecified atom stereocenters. The van der Waals surface area contributed by atoms with Gasteiger partial charge in [-0.2, -0.15) is 0 Å². The minimum absolute atomic E-state index is 0.222. The first-order valence-electron chi connectivity index (χ1n) is 9.08. The number of nitrogens with one attached hydrogen (secondary N) is 2. The molecule has 0 aliphatic carbocycles. The Morgan fingerprint density at radius 1 is 1.08 bits per heavy atom. The zero-order valence-corrected chi connectivity index (χ0v) is 14.6. The third-order valence-corrected chi connectivity index (χ3v) is 4.96. The Hall–Kier alpha value is -2.66. The summed E-state index contributed by atoms with van der Waals surface area (Å²) in [7, 11) is 0. The highest BCUT2D eigenvalue weighted by molar-refractivity contribution is 6.31. The lowest BCUT2D eigenvalue weighted by molar-refractivity contribution is -0.110. The Kier molecular flexibility index (Phi) is 4.71. The maximum atomic E-state index is 13.3. The molecule has 134 valence electrons. The highest BCUT2D eigenvalue weighted by atomic mass is 19.1. The van der Waals surface area contributed by atoms with E-state index in [0.717, 1.165) is 12.2 Å². The lowest BCUT2D eigenvalue weighted by atomic mass is 10.1. The number of piperidine rings is 1. The topological polar surface area (TPSA) is 44.4 Å². The highest BCUT2D eigenvalue weighted by Gasteiger charge is 2.24. The molecule has 0 aromatic heterocycles. The summed E-state index contributed by atoms with van der Waals surface area (Å²) in [5.41, 5.74) is 3.95. The Morgan fingerprint density at radius 3 is 2.62 bits per heavy atom. The van der Waals surface area contributed by atoms with E-state index < -0.39 is 0 Å². The number of benzene rings is 2. The summed E-state index contributed by atoms with van der Waals surface area (Å²) in [6.45, 7) is 3.35. The van der Waals surface area contributed by atoms with Crippen LogP contribution < -0.4 is 10.6 Å². The number of amides is 1. The third kappa shape index (κ3) is 3.63. The van der Waals surface area contributed by atoms with Crippen molar-refractivity contribution in [3.8, 4) is 0 Å². The van der Waals surface area contributed by atoms with E-state index in [-0.39, 0.29) is 11.7 Å². The van der Waals surface area contributed by atoms with E-state index in [9.17, 15) is 9.18 Å². The molecular formula is C21H22FN3O. The fourth-order valence-corrected chi connectivity index (χ4v) is 3.55. The zero-order valence-electron chi connectivity index (χ0n) is 14.6. The molecule has 2 N–H and O–H groups in total. The number of anilines is 2.